The third-order valence-corrected chi connectivity index (χ3v) is 2.92. The molecule has 0 aromatic carbocycles. The zero-order valence-corrected chi connectivity index (χ0v) is 10.8. The molecule has 0 fully saturated rings. The maximum atomic E-state index is 11.6. The summed E-state index contributed by atoms with van der Waals surface area (Å²) in [5.41, 5.74) is 0.157. The molecule has 0 saturated heterocycles. The average molecular weight is 269 g/mol. The molecule has 1 N–H and O–H groups in total. The van der Waals surface area contributed by atoms with Gasteiger partial charge in [0.05, 0.1) is 18.4 Å². The number of hydrogen-bond acceptors (Lipinski definition) is 5. The topological polar surface area (TPSA) is 77.6 Å². The van der Waals surface area contributed by atoms with Crippen LogP contribution in [0.4, 0.5) is 5.69 Å². The molecule has 0 atom stereocenters. The van der Waals surface area contributed by atoms with Crippen molar-refractivity contribution in [3.63, 3.8) is 0 Å². The monoisotopic (exact) mass is 268 g/mol. The van der Waals surface area contributed by atoms with Gasteiger partial charge in [-0.2, -0.15) is 5.10 Å². The molecule has 0 aliphatic heterocycles. The SMILES string of the molecule is CCn1cnnc1CNc1cnn(C)c(=O)c1Cl. The molecule has 18 heavy (non-hydrogen) atoms. The Hall–Kier alpha value is -1.89. The fourth-order valence-electron chi connectivity index (χ4n) is 1.49. The quantitative estimate of drug-likeness (QED) is 0.881. The van der Waals surface area contributed by atoms with Crippen LogP contribution >= 0.6 is 11.6 Å². The summed E-state index contributed by atoms with van der Waals surface area (Å²) in [6.07, 6.45) is 3.16. The lowest BCUT2D eigenvalue weighted by Gasteiger charge is -2.08. The lowest BCUT2D eigenvalue weighted by atomic mass is 10.4. The maximum Gasteiger partial charge on any atom is 0.287 e. The Morgan fingerprint density at radius 3 is 3.00 bits per heavy atom. The van der Waals surface area contributed by atoms with Crippen LogP contribution in [0, 0.1) is 0 Å². The number of nitrogens with one attached hydrogen (secondary N) is 1. The van der Waals surface area contributed by atoms with Gasteiger partial charge in [-0.25, -0.2) is 4.68 Å². The molecule has 0 spiro atoms. The number of rotatable bonds is 4. The summed E-state index contributed by atoms with van der Waals surface area (Å²) in [6, 6.07) is 0. The molecular formula is C10H13ClN6O. The van der Waals surface area contributed by atoms with Crippen molar-refractivity contribution in [2.24, 2.45) is 7.05 Å². The Morgan fingerprint density at radius 2 is 2.28 bits per heavy atom. The second-order valence-electron chi connectivity index (χ2n) is 3.69. The van der Waals surface area contributed by atoms with E-state index in [-0.39, 0.29) is 10.6 Å². The van der Waals surface area contributed by atoms with Gasteiger partial charge in [0.15, 0.2) is 5.82 Å². The van der Waals surface area contributed by atoms with Crippen LogP contribution in [0.2, 0.25) is 5.02 Å². The second kappa shape index (κ2) is 5.18. The van der Waals surface area contributed by atoms with Crippen molar-refractivity contribution in [2.75, 3.05) is 5.32 Å². The molecule has 7 nitrogen and oxygen atoms in total. The Morgan fingerprint density at radius 1 is 1.50 bits per heavy atom. The first-order valence-electron chi connectivity index (χ1n) is 5.45. The Kier molecular flexibility index (Phi) is 3.61. The number of aromatic nitrogens is 5. The van der Waals surface area contributed by atoms with Gasteiger partial charge in [-0.1, -0.05) is 11.6 Å². The molecule has 2 rings (SSSR count). The van der Waals surface area contributed by atoms with Gasteiger partial charge in [-0.3, -0.25) is 4.79 Å². The fraction of sp³-hybridized carbons (Fsp3) is 0.400. The number of aryl methyl sites for hydroxylation is 2. The van der Waals surface area contributed by atoms with Crippen LogP contribution in [-0.2, 0) is 20.1 Å². The summed E-state index contributed by atoms with van der Waals surface area (Å²) in [5.74, 6) is 0.772. The van der Waals surface area contributed by atoms with Crippen LogP contribution in [0.15, 0.2) is 17.3 Å². The van der Waals surface area contributed by atoms with Crippen LogP contribution in [-0.4, -0.2) is 24.5 Å². The van der Waals surface area contributed by atoms with Crippen LogP contribution < -0.4 is 10.9 Å². The zero-order valence-electron chi connectivity index (χ0n) is 10.1. The smallest absolute Gasteiger partial charge is 0.287 e. The molecule has 96 valence electrons. The molecule has 0 aliphatic carbocycles. The highest BCUT2D eigenvalue weighted by molar-refractivity contribution is 6.32. The van der Waals surface area contributed by atoms with Crippen LogP contribution in [0.25, 0.3) is 0 Å². The average Bonchev–Trinajstić information content (AvgIpc) is 2.82. The van der Waals surface area contributed by atoms with E-state index in [1.54, 1.807) is 13.4 Å². The molecule has 0 saturated carbocycles. The van der Waals surface area contributed by atoms with E-state index in [0.29, 0.717) is 12.2 Å². The van der Waals surface area contributed by atoms with Crippen molar-refractivity contribution in [1.82, 2.24) is 24.5 Å². The van der Waals surface area contributed by atoms with E-state index in [1.807, 2.05) is 11.5 Å². The first kappa shape index (κ1) is 12.6. The van der Waals surface area contributed by atoms with Gasteiger partial charge in [0, 0.05) is 13.6 Å². The zero-order chi connectivity index (χ0) is 13.1. The lowest BCUT2D eigenvalue weighted by Crippen LogP contribution is -2.21. The molecule has 2 aromatic heterocycles. The predicted octanol–water partition coefficient (Wildman–Crippen LogP) is 0.657. The molecule has 8 heteroatoms. The van der Waals surface area contributed by atoms with E-state index in [2.05, 4.69) is 20.6 Å². The van der Waals surface area contributed by atoms with Gasteiger partial charge in [0.25, 0.3) is 5.56 Å². The van der Waals surface area contributed by atoms with Crippen molar-refractivity contribution in [3.05, 3.63) is 33.7 Å². The molecule has 0 amide bonds. The summed E-state index contributed by atoms with van der Waals surface area (Å²) >= 11 is 5.93. The molecular weight excluding hydrogens is 256 g/mol. The predicted molar refractivity (Wildman–Crippen MR) is 67.5 cm³/mol. The number of anilines is 1. The normalized spacial score (nSPS) is 10.6. The van der Waals surface area contributed by atoms with E-state index in [1.165, 1.54) is 10.9 Å². The standard InChI is InChI=1S/C10H13ClN6O/c1-3-17-6-13-15-8(17)5-12-7-4-14-16(2)10(18)9(7)11/h4,6,12H,3,5H2,1-2H3. The third-order valence-electron chi connectivity index (χ3n) is 2.55. The van der Waals surface area contributed by atoms with Gasteiger partial charge in [0.1, 0.15) is 11.3 Å². The summed E-state index contributed by atoms with van der Waals surface area (Å²) in [4.78, 5) is 11.6. The van der Waals surface area contributed by atoms with Crippen molar-refractivity contribution >= 4 is 17.3 Å². The van der Waals surface area contributed by atoms with Gasteiger partial charge >= 0.3 is 0 Å². The van der Waals surface area contributed by atoms with Crippen LogP contribution in [0.1, 0.15) is 12.7 Å². The highest BCUT2D eigenvalue weighted by Crippen LogP contribution is 2.15. The highest BCUT2D eigenvalue weighted by Gasteiger charge is 2.08. The van der Waals surface area contributed by atoms with E-state index >= 15 is 0 Å². The first-order chi connectivity index (χ1) is 8.63. The van der Waals surface area contributed by atoms with Crippen molar-refractivity contribution in [3.8, 4) is 0 Å². The van der Waals surface area contributed by atoms with Gasteiger partial charge in [-0.15, -0.1) is 10.2 Å². The van der Waals surface area contributed by atoms with Gasteiger partial charge < -0.3 is 9.88 Å². The van der Waals surface area contributed by atoms with Gasteiger partial charge in [-0.05, 0) is 6.92 Å². The Balaban J connectivity index is 2.16. The summed E-state index contributed by atoms with van der Waals surface area (Å²) < 4.78 is 3.08. The summed E-state index contributed by atoms with van der Waals surface area (Å²) in [6.45, 7) is 3.22. The Bertz CT molecular complexity index is 605. The minimum Gasteiger partial charge on any atom is -0.375 e. The minimum atomic E-state index is -0.335. The molecule has 0 aliphatic rings. The second-order valence-corrected chi connectivity index (χ2v) is 4.07. The molecule has 0 bridgehead atoms. The van der Waals surface area contributed by atoms with Crippen LogP contribution in [0.3, 0.4) is 0 Å². The van der Waals surface area contributed by atoms with Crippen LogP contribution in [0.5, 0.6) is 0 Å². The minimum absolute atomic E-state index is 0.120. The van der Waals surface area contributed by atoms with E-state index in [9.17, 15) is 4.79 Å². The van der Waals surface area contributed by atoms with E-state index < -0.39 is 0 Å². The fourth-order valence-corrected chi connectivity index (χ4v) is 1.73. The molecule has 2 aromatic rings. The van der Waals surface area contributed by atoms with Crippen molar-refractivity contribution in [1.29, 1.82) is 0 Å². The lowest BCUT2D eigenvalue weighted by molar-refractivity contribution is 0.699. The number of hydrogen-bond donors (Lipinski definition) is 1. The summed E-state index contributed by atoms with van der Waals surface area (Å²) in [7, 11) is 1.55. The number of nitrogens with zero attached hydrogens (tertiary/aromatic N) is 5. The molecule has 0 unspecified atom stereocenters. The first-order valence-corrected chi connectivity index (χ1v) is 5.83. The highest BCUT2D eigenvalue weighted by atomic mass is 35.5. The summed E-state index contributed by atoms with van der Waals surface area (Å²) in [5, 5.41) is 14.8. The molecule has 0 radical (unpaired) electrons. The largest absolute Gasteiger partial charge is 0.375 e. The van der Waals surface area contributed by atoms with Crippen molar-refractivity contribution in [2.45, 2.75) is 20.0 Å². The number of halogens is 1. The Labute approximate surface area is 108 Å². The third kappa shape index (κ3) is 2.35. The molecule has 2 heterocycles. The van der Waals surface area contributed by atoms with E-state index in [4.69, 9.17) is 11.6 Å². The van der Waals surface area contributed by atoms with Gasteiger partial charge in [0.2, 0.25) is 0 Å². The van der Waals surface area contributed by atoms with E-state index in [0.717, 1.165) is 12.4 Å². The van der Waals surface area contributed by atoms with Crippen molar-refractivity contribution < 1.29 is 0 Å². The maximum absolute atomic E-state index is 11.6.